The highest BCUT2D eigenvalue weighted by Gasteiger charge is 2.41. The molecule has 5 nitrogen and oxygen atoms in total. The second-order valence-electron chi connectivity index (χ2n) is 7.20. The quantitative estimate of drug-likeness (QED) is 0.317. The largest absolute Gasteiger partial charge is 0.493 e. The molecule has 1 aromatic carbocycles. The van der Waals surface area contributed by atoms with Gasteiger partial charge in [-0.3, -0.25) is 4.79 Å². The summed E-state index contributed by atoms with van der Waals surface area (Å²) in [5, 5.41) is 28.6. The highest BCUT2D eigenvalue weighted by Crippen LogP contribution is 2.39. The van der Waals surface area contributed by atoms with E-state index in [1.807, 2.05) is 36.4 Å². The number of hydrogen-bond acceptors (Lipinski definition) is 4. The number of hydrogen-bond donors (Lipinski definition) is 3. The van der Waals surface area contributed by atoms with Crippen LogP contribution in [-0.2, 0) is 4.79 Å². The van der Waals surface area contributed by atoms with Crippen molar-refractivity contribution in [3.05, 3.63) is 42.0 Å². The number of ether oxygens (including phenoxy) is 1. The van der Waals surface area contributed by atoms with Gasteiger partial charge in [-0.2, -0.15) is 0 Å². The molecule has 1 saturated carbocycles. The average molecular weight is 397 g/mol. The molecule has 1 aliphatic rings. The number of rotatable bonds is 10. The van der Waals surface area contributed by atoms with Gasteiger partial charge in [0.25, 0.3) is 0 Å². The number of benzene rings is 1. The number of aliphatic hydroxyl groups is 2. The standard InChI is InChI=1S/C21H29ClO5/c1-14(23)15-7-6-8-16(11-15)27-13-18-17(19(22)12-20(18)24)9-4-2-3-5-10-21(25)26/h2,4,6-8,11,14,17-20,23-24H,3,5,9-10,12-13H2,1H3,(H,25,26)/b4-2-/t14?,17-,18-,19+,20-/m1/s1. The molecular formula is C21H29ClO5. The fourth-order valence-corrected chi connectivity index (χ4v) is 3.96. The lowest BCUT2D eigenvalue weighted by atomic mass is 9.92. The van der Waals surface area contributed by atoms with E-state index in [2.05, 4.69) is 0 Å². The van der Waals surface area contributed by atoms with Crippen LogP contribution in [0.5, 0.6) is 5.75 Å². The van der Waals surface area contributed by atoms with Crippen LogP contribution in [-0.4, -0.2) is 39.4 Å². The van der Waals surface area contributed by atoms with Gasteiger partial charge < -0.3 is 20.1 Å². The van der Waals surface area contributed by atoms with Crippen molar-refractivity contribution in [1.82, 2.24) is 0 Å². The molecule has 0 aromatic heterocycles. The van der Waals surface area contributed by atoms with Crippen LogP contribution in [0.15, 0.2) is 36.4 Å². The Labute approximate surface area is 165 Å². The summed E-state index contributed by atoms with van der Waals surface area (Å²) in [5.74, 6) is -0.0645. The second kappa shape index (κ2) is 10.7. The Balaban J connectivity index is 1.88. The molecule has 1 aromatic rings. The number of unbranched alkanes of at least 4 members (excludes halogenated alkanes) is 1. The van der Waals surface area contributed by atoms with Crippen LogP contribution in [0.2, 0.25) is 0 Å². The molecule has 6 heteroatoms. The van der Waals surface area contributed by atoms with Crippen molar-refractivity contribution in [2.24, 2.45) is 11.8 Å². The van der Waals surface area contributed by atoms with E-state index in [0.717, 1.165) is 18.4 Å². The molecule has 1 fully saturated rings. The molecule has 0 radical (unpaired) electrons. The number of aliphatic hydroxyl groups excluding tert-OH is 2. The summed E-state index contributed by atoms with van der Waals surface area (Å²) >= 11 is 6.44. The van der Waals surface area contributed by atoms with Crippen LogP contribution in [0.4, 0.5) is 0 Å². The molecule has 0 heterocycles. The highest BCUT2D eigenvalue weighted by molar-refractivity contribution is 6.21. The van der Waals surface area contributed by atoms with Crippen molar-refractivity contribution in [2.45, 2.75) is 56.6 Å². The van der Waals surface area contributed by atoms with Gasteiger partial charge in [0.2, 0.25) is 0 Å². The molecule has 150 valence electrons. The zero-order valence-corrected chi connectivity index (χ0v) is 16.4. The van der Waals surface area contributed by atoms with E-state index in [0.29, 0.717) is 25.2 Å². The molecule has 0 aliphatic heterocycles. The van der Waals surface area contributed by atoms with Crippen LogP contribution >= 0.6 is 11.6 Å². The van der Waals surface area contributed by atoms with E-state index < -0.39 is 18.2 Å². The first-order valence-electron chi connectivity index (χ1n) is 9.48. The van der Waals surface area contributed by atoms with Crippen LogP contribution in [0.25, 0.3) is 0 Å². The maximum Gasteiger partial charge on any atom is 0.303 e. The third kappa shape index (κ3) is 6.83. The number of carboxylic acid groups (broad SMARTS) is 1. The Morgan fingerprint density at radius 3 is 2.85 bits per heavy atom. The summed E-state index contributed by atoms with van der Waals surface area (Å²) in [6, 6.07) is 7.32. The van der Waals surface area contributed by atoms with E-state index in [-0.39, 0.29) is 23.6 Å². The minimum absolute atomic E-state index is 0.0635. The van der Waals surface area contributed by atoms with E-state index in [4.69, 9.17) is 21.4 Å². The summed E-state index contributed by atoms with van der Waals surface area (Å²) in [6.07, 6.45) is 5.75. The molecule has 5 atom stereocenters. The molecule has 0 saturated heterocycles. The molecule has 1 unspecified atom stereocenters. The number of halogens is 1. The third-order valence-corrected chi connectivity index (χ3v) is 5.60. The number of carbonyl (C=O) groups is 1. The second-order valence-corrected chi connectivity index (χ2v) is 7.76. The van der Waals surface area contributed by atoms with Crippen molar-refractivity contribution in [3.8, 4) is 5.75 Å². The number of alkyl halides is 1. The zero-order valence-electron chi connectivity index (χ0n) is 15.6. The first kappa shape index (κ1) is 21.7. The lowest BCUT2D eigenvalue weighted by molar-refractivity contribution is -0.137. The van der Waals surface area contributed by atoms with Crippen molar-refractivity contribution >= 4 is 17.6 Å². The molecule has 27 heavy (non-hydrogen) atoms. The molecular weight excluding hydrogens is 368 g/mol. The lowest BCUT2D eigenvalue weighted by Gasteiger charge is -2.23. The topological polar surface area (TPSA) is 87.0 Å². The monoisotopic (exact) mass is 396 g/mol. The SMILES string of the molecule is CC(O)c1cccc(OC[C@@H]2[C@@H](C/C=C\CCCC(=O)O)[C@@H](Cl)C[C@H]2O)c1. The molecule has 1 aliphatic carbocycles. The summed E-state index contributed by atoms with van der Waals surface area (Å²) in [6.45, 7) is 2.07. The van der Waals surface area contributed by atoms with E-state index >= 15 is 0 Å². The van der Waals surface area contributed by atoms with Gasteiger partial charge in [-0.15, -0.1) is 11.6 Å². The zero-order chi connectivity index (χ0) is 19.8. The van der Waals surface area contributed by atoms with Crippen LogP contribution in [0, 0.1) is 11.8 Å². The molecule has 3 N–H and O–H groups in total. The number of carboxylic acids is 1. The molecule has 0 amide bonds. The minimum Gasteiger partial charge on any atom is -0.493 e. The van der Waals surface area contributed by atoms with Gasteiger partial charge in [-0.1, -0.05) is 24.3 Å². The average Bonchev–Trinajstić information content (AvgIpc) is 2.89. The van der Waals surface area contributed by atoms with Crippen LogP contribution < -0.4 is 4.74 Å². The normalized spacial score (nSPS) is 26.4. The van der Waals surface area contributed by atoms with Gasteiger partial charge in [0.05, 0.1) is 18.8 Å². The Bertz CT molecular complexity index is 631. The van der Waals surface area contributed by atoms with Gasteiger partial charge in [-0.05, 0) is 56.2 Å². The van der Waals surface area contributed by atoms with Crippen molar-refractivity contribution in [1.29, 1.82) is 0 Å². The Hall–Kier alpha value is -1.56. The lowest BCUT2D eigenvalue weighted by Crippen LogP contribution is -2.27. The number of allylic oxidation sites excluding steroid dienone is 2. The van der Waals surface area contributed by atoms with Gasteiger partial charge in [0.1, 0.15) is 5.75 Å². The number of aliphatic carboxylic acids is 1. The van der Waals surface area contributed by atoms with Gasteiger partial charge in [0.15, 0.2) is 0 Å². The van der Waals surface area contributed by atoms with Gasteiger partial charge in [-0.25, -0.2) is 0 Å². The predicted octanol–water partition coefficient (Wildman–Crippen LogP) is 3.92. The molecule has 2 rings (SSSR count). The maximum absolute atomic E-state index is 10.5. The van der Waals surface area contributed by atoms with Crippen LogP contribution in [0.1, 0.15) is 50.7 Å². The minimum atomic E-state index is -0.778. The van der Waals surface area contributed by atoms with Gasteiger partial charge in [0, 0.05) is 17.7 Å². The van der Waals surface area contributed by atoms with Crippen molar-refractivity contribution in [3.63, 3.8) is 0 Å². The highest BCUT2D eigenvalue weighted by atomic mass is 35.5. The third-order valence-electron chi connectivity index (χ3n) is 5.09. The maximum atomic E-state index is 10.5. The Morgan fingerprint density at radius 2 is 2.15 bits per heavy atom. The first-order valence-corrected chi connectivity index (χ1v) is 9.92. The van der Waals surface area contributed by atoms with Crippen LogP contribution in [0.3, 0.4) is 0 Å². The predicted molar refractivity (Wildman–Crippen MR) is 105 cm³/mol. The summed E-state index contributed by atoms with van der Waals surface area (Å²) < 4.78 is 5.88. The van der Waals surface area contributed by atoms with Gasteiger partial charge >= 0.3 is 5.97 Å². The van der Waals surface area contributed by atoms with Crippen molar-refractivity contribution in [2.75, 3.05) is 6.61 Å². The first-order chi connectivity index (χ1) is 12.9. The van der Waals surface area contributed by atoms with E-state index in [1.165, 1.54) is 0 Å². The summed E-state index contributed by atoms with van der Waals surface area (Å²) in [5.41, 5.74) is 0.788. The molecule has 0 bridgehead atoms. The smallest absolute Gasteiger partial charge is 0.303 e. The summed E-state index contributed by atoms with van der Waals surface area (Å²) in [7, 11) is 0. The fraction of sp³-hybridized carbons (Fsp3) is 0.571. The Morgan fingerprint density at radius 1 is 1.37 bits per heavy atom. The summed E-state index contributed by atoms with van der Waals surface area (Å²) in [4.78, 5) is 10.5. The molecule has 0 spiro atoms. The van der Waals surface area contributed by atoms with E-state index in [9.17, 15) is 15.0 Å². The van der Waals surface area contributed by atoms with Crippen molar-refractivity contribution < 1.29 is 24.9 Å². The Kier molecular flexibility index (Phi) is 8.61. The fourth-order valence-electron chi connectivity index (χ4n) is 3.49. The van der Waals surface area contributed by atoms with E-state index in [1.54, 1.807) is 6.92 Å².